The maximum Gasteiger partial charge on any atom is 0.339 e. The van der Waals surface area contributed by atoms with E-state index in [2.05, 4.69) is 10.3 Å². The normalized spacial score (nSPS) is 10.6. The van der Waals surface area contributed by atoms with Crippen molar-refractivity contribution in [3.8, 4) is 10.6 Å². The number of ether oxygens (including phenoxy) is 1. The van der Waals surface area contributed by atoms with Gasteiger partial charge in [0.05, 0.1) is 21.7 Å². The highest BCUT2D eigenvalue weighted by atomic mass is 32.1. The van der Waals surface area contributed by atoms with Gasteiger partial charge in [0.15, 0.2) is 12.4 Å². The van der Waals surface area contributed by atoms with Crippen LogP contribution in [-0.4, -0.2) is 29.3 Å². The van der Waals surface area contributed by atoms with Crippen LogP contribution in [0.5, 0.6) is 0 Å². The van der Waals surface area contributed by atoms with Gasteiger partial charge in [-0.3, -0.25) is 9.59 Å². The highest BCUT2D eigenvalue weighted by molar-refractivity contribution is 7.13. The molecule has 2 aromatic heterocycles. The van der Waals surface area contributed by atoms with E-state index >= 15 is 0 Å². The van der Waals surface area contributed by atoms with Crippen molar-refractivity contribution in [2.45, 2.75) is 6.92 Å². The molecule has 7 heteroatoms. The van der Waals surface area contributed by atoms with E-state index in [4.69, 9.17) is 4.74 Å². The first-order chi connectivity index (χ1) is 15.0. The minimum atomic E-state index is -0.607. The first-order valence-electron chi connectivity index (χ1n) is 9.53. The summed E-state index contributed by atoms with van der Waals surface area (Å²) in [5.41, 5.74) is 2.64. The van der Waals surface area contributed by atoms with Crippen molar-refractivity contribution in [3.63, 3.8) is 0 Å². The Morgan fingerprint density at radius 2 is 1.84 bits per heavy atom. The van der Waals surface area contributed by atoms with Crippen molar-refractivity contribution in [2.24, 2.45) is 0 Å². The Kier molecular flexibility index (Phi) is 5.86. The Morgan fingerprint density at radius 1 is 1.00 bits per heavy atom. The van der Waals surface area contributed by atoms with Crippen LogP contribution in [0.15, 0.2) is 72.1 Å². The van der Waals surface area contributed by atoms with E-state index in [1.54, 1.807) is 36.4 Å². The number of pyridine rings is 1. The number of thiophene rings is 1. The molecule has 4 rings (SSSR count). The number of anilines is 1. The molecule has 2 heterocycles. The van der Waals surface area contributed by atoms with Crippen molar-refractivity contribution in [2.75, 3.05) is 11.9 Å². The van der Waals surface area contributed by atoms with Crippen LogP contribution in [0, 0.1) is 0 Å². The fourth-order valence-electron chi connectivity index (χ4n) is 3.12. The minimum Gasteiger partial charge on any atom is -0.452 e. The van der Waals surface area contributed by atoms with E-state index in [1.165, 1.54) is 18.3 Å². The van der Waals surface area contributed by atoms with E-state index in [1.807, 2.05) is 35.7 Å². The lowest BCUT2D eigenvalue weighted by Gasteiger charge is -2.10. The van der Waals surface area contributed by atoms with Gasteiger partial charge >= 0.3 is 5.97 Å². The zero-order valence-electron chi connectivity index (χ0n) is 16.6. The molecule has 0 saturated heterocycles. The van der Waals surface area contributed by atoms with Crippen molar-refractivity contribution in [1.82, 2.24) is 4.98 Å². The molecule has 31 heavy (non-hydrogen) atoms. The van der Waals surface area contributed by atoms with Crippen LogP contribution in [0.25, 0.3) is 21.5 Å². The van der Waals surface area contributed by atoms with Crippen LogP contribution < -0.4 is 5.32 Å². The molecule has 0 bridgehead atoms. The summed E-state index contributed by atoms with van der Waals surface area (Å²) in [5, 5.41) is 5.23. The van der Waals surface area contributed by atoms with Crippen LogP contribution >= 0.6 is 11.3 Å². The molecule has 0 atom stereocenters. The third-order valence-electron chi connectivity index (χ3n) is 4.60. The first kappa shape index (κ1) is 20.4. The zero-order chi connectivity index (χ0) is 21.8. The quantitative estimate of drug-likeness (QED) is 0.345. The second kappa shape index (κ2) is 8.89. The molecule has 1 amide bonds. The maximum absolute atomic E-state index is 12.8. The van der Waals surface area contributed by atoms with Gasteiger partial charge in [0.1, 0.15) is 0 Å². The van der Waals surface area contributed by atoms with Crippen molar-refractivity contribution in [3.05, 3.63) is 83.2 Å². The van der Waals surface area contributed by atoms with Gasteiger partial charge in [-0.2, -0.15) is 0 Å². The summed E-state index contributed by atoms with van der Waals surface area (Å²) in [7, 11) is 0. The molecule has 0 fully saturated rings. The number of fused-ring (bicyclic) bond motifs is 1. The molecule has 4 aromatic rings. The van der Waals surface area contributed by atoms with Crippen LogP contribution in [0.3, 0.4) is 0 Å². The van der Waals surface area contributed by atoms with Gasteiger partial charge in [-0.1, -0.05) is 36.4 Å². The summed E-state index contributed by atoms with van der Waals surface area (Å²) in [6.45, 7) is 1.00. The molecular formula is C24H18N2O4S. The molecule has 0 aliphatic rings. The average Bonchev–Trinajstić information content (AvgIpc) is 3.32. The number of carbonyl (C=O) groups is 3. The number of amides is 1. The van der Waals surface area contributed by atoms with Crippen LogP contribution in [-0.2, 0) is 9.53 Å². The number of aromatic nitrogens is 1. The van der Waals surface area contributed by atoms with Gasteiger partial charge in [0, 0.05) is 16.6 Å². The molecule has 0 aliphatic carbocycles. The standard InChI is InChI=1S/C24H18N2O4S/c1-15(27)16-6-4-7-17(12-16)25-23(28)14-30-24(29)19-13-21(22-10-5-11-31-22)26-20-9-3-2-8-18(19)20/h2-13H,14H2,1H3,(H,25,28). The van der Waals surface area contributed by atoms with Gasteiger partial charge in [0.2, 0.25) is 0 Å². The number of carbonyl (C=O) groups excluding carboxylic acids is 3. The lowest BCUT2D eigenvalue weighted by molar-refractivity contribution is -0.119. The number of nitrogens with one attached hydrogen (secondary N) is 1. The fourth-order valence-corrected chi connectivity index (χ4v) is 3.80. The molecule has 0 unspecified atom stereocenters. The molecule has 6 nitrogen and oxygen atoms in total. The molecule has 2 aromatic carbocycles. The highest BCUT2D eigenvalue weighted by Gasteiger charge is 2.17. The number of rotatable bonds is 6. The molecule has 154 valence electrons. The number of hydrogen-bond donors (Lipinski definition) is 1. The number of Topliss-reactive ketones (excluding diaryl/α,β-unsaturated/α-hetero) is 1. The number of para-hydroxylation sites is 1. The van der Waals surface area contributed by atoms with E-state index in [9.17, 15) is 14.4 Å². The predicted octanol–water partition coefficient (Wildman–Crippen LogP) is 4.96. The zero-order valence-corrected chi connectivity index (χ0v) is 17.4. The summed E-state index contributed by atoms with van der Waals surface area (Å²) in [6, 6.07) is 19.4. The Morgan fingerprint density at radius 3 is 2.61 bits per heavy atom. The van der Waals surface area contributed by atoms with Crippen molar-refractivity contribution in [1.29, 1.82) is 0 Å². The summed E-state index contributed by atoms with van der Waals surface area (Å²) < 4.78 is 5.28. The third kappa shape index (κ3) is 4.67. The summed E-state index contributed by atoms with van der Waals surface area (Å²) in [6.07, 6.45) is 0. The predicted molar refractivity (Wildman–Crippen MR) is 120 cm³/mol. The SMILES string of the molecule is CC(=O)c1cccc(NC(=O)COC(=O)c2cc(-c3cccs3)nc3ccccc23)c1. The molecule has 0 radical (unpaired) electrons. The van der Waals surface area contributed by atoms with Gasteiger partial charge in [0.25, 0.3) is 5.91 Å². The summed E-state index contributed by atoms with van der Waals surface area (Å²) >= 11 is 1.52. The number of nitrogens with zero attached hydrogens (tertiary/aromatic N) is 1. The molecule has 0 saturated carbocycles. The van der Waals surface area contributed by atoms with E-state index < -0.39 is 18.5 Å². The first-order valence-corrected chi connectivity index (χ1v) is 10.4. The largest absolute Gasteiger partial charge is 0.452 e. The molecular weight excluding hydrogens is 412 g/mol. The van der Waals surface area contributed by atoms with E-state index in [0.29, 0.717) is 33.4 Å². The minimum absolute atomic E-state index is 0.103. The smallest absolute Gasteiger partial charge is 0.339 e. The van der Waals surface area contributed by atoms with Gasteiger partial charge in [-0.15, -0.1) is 11.3 Å². The van der Waals surface area contributed by atoms with E-state index in [0.717, 1.165) is 4.88 Å². The average molecular weight is 430 g/mol. The van der Waals surface area contributed by atoms with Gasteiger partial charge in [-0.05, 0) is 42.6 Å². The molecule has 1 N–H and O–H groups in total. The maximum atomic E-state index is 12.8. The van der Waals surface area contributed by atoms with Gasteiger partial charge in [-0.25, -0.2) is 9.78 Å². The monoisotopic (exact) mass is 430 g/mol. The summed E-state index contributed by atoms with van der Waals surface area (Å²) in [4.78, 5) is 42.1. The molecule has 0 spiro atoms. The lowest BCUT2D eigenvalue weighted by atomic mass is 10.1. The van der Waals surface area contributed by atoms with Crippen LogP contribution in [0.2, 0.25) is 0 Å². The highest BCUT2D eigenvalue weighted by Crippen LogP contribution is 2.28. The number of benzene rings is 2. The van der Waals surface area contributed by atoms with E-state index in [-0.39, 0.29) is 5.78 Å². The fraction of sp³-hybridized carbons (Fsp3) is 0.0833. The second-order valence-electron chi connectivity index (χ2n) is 6.81. The Labute approximate surface area is 182 Å². The third-order valence-corrected chi connectivity index (χ3v) is 5.49. The number of ketones is 1. The van der Waals surface area contributed by atoms with Gasteiger partial charge < -0.3 is 10.1 Å². The number of esters is 1. The lowest BCUT2D eigenvalue weighted by Crippen LogP contribution is -2.21. The van der Waals surface area contributed by atoms with Crippen molar-refractivity contribution >= 4 is 45.6 Å². The van der Waals surface area contributed by atoms with Crippen LogP contribution in [0.4, 0.5) is 5.69 Å². The molecule has 0 aliphatic heterocycles. The second-order valence-corrected chi connectivity index (χ2v) is 7.76. The Bertz CT molecular complexity index is 1280. The Balaban J connectivity index is 1.51. The van der Waals surface area contributed by atoms with Crippen LogP contribution in [0.1, 0.15) is 27.6 Å². The number of hydrogen-bond acceptors (Lipinski definition) is 6. The Hall–Kier alpha value is -3.84. The summed E-state index contributed by atoms with van der Waals surface area (Å²) in [5.74, 6) is -1.21. The topological polar surface area (TPSA) is 85.4 Å². The van der Waals surface area contributed by atoms with Crippen molar-refractivity contribution < 1.29 is 19.1 Å².